The van der Waals surface area contributed by atoms with Crippen molar-refractivity contribution >= 4 is 27.3 Å². The van der Waals surface area contributed by atoms with Crippen LogP contribution in [0.25, 0.3) is 0 Å². The standard InChI is InChI=1S/C16H16ClNO4S/c1-10(11-3-6-13(7-4-11)23(2,21)22)18-16(20)14-9-12(17)5-8-15(14)19/h3-10,19H,1-2H3,(H,18,20)/t10-/m1/s1. The van der Waals surface area contributed by atoms with Crippen molar-refractivity contribution in [1.82, 2.24) is 5.32 Å². The summed E-state index contributed by atoms with van der Waals surface area (Å²) in [6.45, 7) is 1.76. The van der Waals surface area contributed by atoms with E-state index in [4.69, 9.17) is 11.6 Å². The van der Waals surface area contributed by atoms with Gasteiger partial charge in [0.2, 0.25) is 0 Å². The molecule has 1 atom stereocenters. The van der Waals surface area contributed by atoms with E-state index in [2.05, 4.69) is 5.32 Å². The number of hydrogen-bond acceptors (Lipinski definition) is 4. The van der Waals surface area contributed by atoms with E-state index in [1.807, 2.05) is 0 Å². The molecule has 0 saturated carbocycles. The lowest BCUT2D eigenvalue weighted by Crippen LogP contribution is -2.26. The van der Waals surface area contributed by atoms with Gasteiger partial charge in [-0.3, -0.25) is 4.79 Å². The maximum atomic E-state index is 12.2. The Balaban J connectivity index is 2.17. The second kappa shape index (κ2) is 6.60. The quantitative estimate of drug-likeness (QED) is 0.885. The fourth-order valence-electron chi connectivity index (χ4n) is 2.05. The maximum absolute atomic E-state index is 12.2. The van der Waals surface area contributed by atoms with Crippen LogP contribution in [0.5, 0.6) is 5.75 Å². The molecule has 0 spiro atoms. The Kier molecular flexibility index (Phi) is 4.97. The number of amides is 1. The highest BCUT2D eigenvalue weighted by molar-refractivity contribution is 7.90. The fourth-order valence-corrected chi connectivity index (χ4v) is 2.85. The molecule has 0 fully saturated rings. The van der Waals surface area contributed by atoms with Crippen LogP contribution in [0.4, 0.5) is 0 Å². The molecule has 0 aliphatic rings. The first-order chi connectivity index (χ1) is 10.7. The molecule has 0 bridgehead atoms. The highest BCUT2D eigenvalue weighted by atomic mass is 35.5. The second-order valence-electron chi connectivity index (χ2n) is 5.20. The first kappa shape index (κ1) is 17.3. The van der Waals surface area contributed by atoms with Crippen molar-refractivity contribution < 1.29 is 18.3 Å². The number of halogens is 1. The van der Waals surface area contributed by atoms with Crippen molar-refractivity contribution in [2.75, 3.05) is 6.26 Å². The van der Waals surface area contributed by atoms with Crippen LogP contribution in [-0.2, 0) is 9.84 Å². The van der Waals surface area contributed by atoms with E-state index < -0.39 is 15.7 Å². The van der Waals surface area contributed by atoms with E-state index in [9.17, 15) is 18.3 Å². The minimum absolute atomic E-state index is 0.0807. The molecule has 1 amide bonds. The van der Waals surface area contributed by atoms with Gasteiger partial charge in [0.1, 0.15) is 5.75 Å². The fraction of sp³-hybridized carbons (Fsp3) is 0.188. The smallest absolute Gasteiger partial charge is 0.255 e. The van der Waals surface area contributed by atoms with Crippen LogP contribution in [0.3, 0.4) is 0 Å². The van der Waals surface area contributed by atoms with Gasteiger partial charge in [-0.25, -0.2) is 8.42 Å². The van der Waals surface area contributed by atoms with E-state index in [0.717, 1.165) is 11.8 Å². The molecule has 2 aromatic carbocycles. The molecule has 7 heteroatoms. The van der Waals surface area contributed by atoms with Crippen LogP contribution in [0.2, 0.25) is 5.02 Å². The van der Waals surface area contributed by atoms with E-state index in [1.54, 1.807) is 19.1 Å². The number of carbonyl (C=O) groups is 1. The van der Waals surface area contributed by atoms with Gasteiger partial charge in [-0.2, -0.15) is 0 Å². The molecule has 0 heterocycles. The van der Waals surface area contributed by atoms with Gasteiger partial charge in [0.05, 0.1) is 16.5 Å². The molecule has 2 aromatic rings. The van der Waals surface area contributed by atoms with Gasteiger partial charge in [-0.1, -0.05) is 23.7 Å². The summed E-state index contributed by atoms with van der Waals surface area (Å²) < 4.78 is 22.9. The number of hydrogen-bond donors (Lipinski definition) is 2. The minimum atomic E-state index is -3.26. The van der Waals surface area contributed by atoms with Crippen LogP contribution in [0.15, 0.2) is 47.4 Å². The number of aromatic hydroxyl groups is 1. The summed E-state index contributed by atoms with van der Waals surface area (Å²) in [5, 5.41) is 12.8. The van der Waals surface area contributed by atoms with Gasteiger partial charge in [0.25, 0.3) is 5.91 Å². The maximum Gasteiger partial charge on any atom is 0.255 e. The Morgan fingerprint density at radius 2 is 1.78 bits per heavy atom. The van der Waals surface area contributed by atoms with Crippen LogP contribution < -0.4 is 5.32 Å². The third kappa shape index (κ3) is 4.24. The van der Waals surface area contributed by atoms with Gasteiger partial charge in [-0.15, -0.1) is 0 Å². The lowest BCUT2D eigenvalue weighted by molar-refractivity contribution is 0.0937. The number of phenols is 1. The molecule has 5 nitrogen and oxygen atoms in total. The first-order valence-electron chi connectivity index (χ1n) is 6.78. The Morgan fingerprint density at radius 1 is 1.17 bits per heavy atom. The number of rotatable bonds is 4. The largest absolute Gasteiger partial charge is 0.507 e. The molecule has 122 valence electrons. The zero-order chi connectivity index (χ0) is 17.2. The lowest BCUT2D eigenvalue weighted by atomic mass is 10.1. The average Bonchev–Trinajstić information content (AvgIpc) is 2.48. The Bertz CT molecular complexity index is 832. The monoisotopic (exact) mass is 353 g/mol. The molecule has 0 aliphatic heterocycles. The zero-order valence-electron chi connectivity index (χ0n) is 12.6. The molecular weight excluding hydrogens is 338 g/mol. The molecular formula is C16H16ClNO4S. The normalized spacial score (nSPS) is 12.7. The van der Waals surface area contributed by atoms with Gasteiger partial charge in [0, 0.05) is 11.3 Å². The SMILES string of the molecule is C[C@@H](NC(=O)c1cc(Cl)ccc1O)c1ccc(S(C)(=O)=O)cc1. The first-order valence-corrected chi connectivity index (χ1v) is 9.05. The molecule has 0 aromatic heterocycles. The average molecular weight is 354 g/mol. The molecule has 0 saturated heterocycles. The van der Waals surface area contributed by atoms with Crippen molar-refractivity contribution in [3.8, 4) is 5.75 Å². The Labute approximate surface area is 139 Å². The summed E-state index contributed by atoms with van der Waals surface area (Å²) in [7, 11) is -3.26. The van der Waals surface area contributed by atoms with Crippen molar-refractivity contribution in [3.05, 3.63) is 58.6 Å². The van der Waals surface area contributed by atoms with E-state index >= 15 is 0 Å². The third-order valence-corrected chi connectivity index (χ3v) is 4.72. The number of benzene rings is 2. The molecule has 0 radical (unpaired) electrons. The van der Waals surface area contributed by atoms with Gasteiger partial charge < -0.3 is 10.4 Å². The molecule has 23 heavy (non-hydrogen) atoms. The van der Waals surface area contributed by atoms with Crippen molar-refractivity contribution in [2.24, 2.45) is 0 Å². The summed E-state index contributed by atoms with van der Waals surface area (Å²) in [5.74, 6) is -0.629. The second-order valence-corrected chi connectivity index (χ2v) is 7.65. The summed E-state index contributed by atoms with van der Waals surface area (Å²) in [5.41, 5.74) is 0.823. The summed E-state index contributed by atoms with van der Waals surface area (Å²) in [6.07, 6.45) is 1.13. The zero-order valence-corrected chi connectivity index (χ0v) is 14.1. The minimum Gasteiger partial charge on any atom is -0.507 e. The Hall–Kier alpha value is -2.05. The van der Waals surface area contributed by atoms with Crippen molar-refractivity contribution in [3.63, 3.8) is 0 Å². The summed E-state index contributed by atoms with van der Waals surface area (Å²) in [6, 6.07) is 10.1. The lowest BCUT2D eigenvalue weighted by Gasteiger charge is -2.15. The van der Waals surface area contributed by atoms with Gasteiger partial charge in [-0.05, 0) is 42.8 Å². The van der Waals surface area contributed by atoms with E-state index in [0.29, 0.717) is 5.02 Å². The number of nitrogens with one attached hydrogen (secondary N) is 1. The number of carbonyl (C=O) groups excluding carboxylic acids is 1. The Morgan fingerprint density at radius 3 is 2.35 bits per heavy atom. The highest BCUT2D eigenvalue weighted by Crippen LogP contribution is 2.23. The van der Waals surface area contributed by atoms with Crippen molar-refractivity contribution in [1.29, 1.82) is 0 Å². The van der Waals surface area contributed by atoms with Crippen LogP contribution in [0.1, 0.15) is 28.9 Å². The molecule has 0 aliphatic carbocycles. The topological polar surface area (TPSA) is 83.5 Å². The summed E-state index contributed by atoms with van der Waals surface area (Å²) in [4.78, 5) is 12.4. The summed E-state index contributed by atoms with van der Waals surface area (Å²) >= 11 is 5.83. The van der Waals surface area contributed by atoms with E-state index in [-0.39, 0.29) is 22.3 Å². The number of phenolic OH excluding ortho intramolecular Hbond substituents is 1. The number of sulfone groups is 1. The molecule has 2 rings (SSSR count). The predicted molar refractivity (Wildman–Crippen MR) is 88.5 cm³/mol. The molecule has 2 N–H and O–H groups in total. The van der Waals surface area contributed by atoms with Gasteiger partial charge in [0.15, 0.2) is 9.84 Å². The molecule has 0 unspecified atom stereocenters. The van der Waals surface area contributed by atoms with Crippen LogP contribution in [-0.4, -0.2) is 25.7 Å². The van der Waals surface area contributed by atoms with Crippen LogP contribution >= 0.6 is 11.6 Å². The van der Waals surface area contributed by atoms with Crippen molar-refractivity contribution in [2.45, 2.75) is 17.9 Å². The van der Waals surface area contributed by atoms with Gasteiger partial charge >= 0.3 is 0 Å². The highest BCUT2D eigenvalue weighted by Gasteiger charge is 2.16. The third-order valence-electron chi connectivity index (χ3n) is 3.36. The predicted octanol–water partition coefficient (Wildman–Crippen LogP) is 2.94. The van der Waals surface area contributed by atoms with E-state index in [1.165, 1.54) is 30.3 Å². The van der Waals surface area contributed by atoms with Crippen LogP contribution in [0, 0.1) is 0 Å².